The summed E-state index contributed by atoms with van der Waals surface area (Å²) in [5.74, 6) is -2.04. The van der Waals surface area contributed by atoms with Crippen molar-refractivity contribution in [2.75, 3.05) is 0 Å². The third kappa shape index (κ3) is 4.74. The highest BCUT2D eigenvalue weighted by molar-refractivity contribution is 5.94. The van der Waals surface area contributed by atoms with E-state index >= 15 is 0 Å². The molecule has 6 heteroatoms. The smallest absolute Gasteiger partial charge is 0.308 e. The predicted molar refractivity (Wildman–Crippen MR) is 81.5 cm³/mol. The summed E-state index contributed by atoms with van der Waals surface area (Å²) in [5.41, 5.74) is -0.0842. The first-order valence-corrected chi connectivity index (χ1v) is 7.91. The van der Waals surface area contributed by atoms with Gasteiger partial charge in [0.1, 0.15) is 0 Å². The van der Waals surface area contributed by atoms with Crippen LogP contribution in [0, 0.1) is 5.92 Å². The van der Waals surface area contributed by atoms with E-state index in [1.165, 1.54) is 18.2 Å². The number of hydrogen-bond acceptors (Lipinski definition) is 2. The molecule has 2 N–H and O–H groups in total. The molecule has 2 atom stereocenters. The highest BCUT2D eigenvalue weighted by Gasteiger charge is 2.30. The molecule has 2 unspecified atom stereocenters. The predicted octanol–water partition coefficient (Wildman–Crippen LogP) is 3.78. The third-order valence-electron chi connectivity index (χ3n) is 4.30. The van der Waals surface area contributed by atoms with Crippen molar-refractivity contribution in [1.29, 1.82) is 0 Å². The van der Waals surface area contributed by atoms with Gasteiger partial charge in [0.25, 0.3) is 12.3 Å². The number of carboxylic acids is 1. The van der Waals surface area contributed by atoms with Crippen LogP contribution in [0.15, 0.2) is 24.3 Å². The Balaban J connectivity index is 2.12. The molecule has 0 radical (unpaired) electrons. The standard InChI is InChI=1S/C17H21F2NO3/c18-15(19)11-6-5-7-12(10-11)16(21)20-14-9-4-2-1-3-8-13(14)17(22)23/h5-7,10,13-15H,1-4,8-9H2,(H,20,21)(H,22,23). The van der Waals surface area contributed by atoms with Crippen molar-refractivity contribution >= 4 is 11.9 Å². The molecule has 1 aromatic rings. The van der Waals surface area contributed by atoms with Gasteiger partial charge in [-0.1, -0.05) is 37.8 Å². The quantitative estimate of drug-likeness (QED) is 0.885. The van der Waals surface area contributed by atoms with Crippen molar-refractivity contribution in [2.24, 2.45) is 5.92 Å². The van der Waals surface area contributed by atoms with Crippen LogP contribution in [0.25, 0.3) is 0 Å². The van der Waals surface area contributed by atoms with Crippen LogP contribution in [0.3, 0.4) is 0 Å². The maximum Gasteiger partial charge on any atom is 0.308 e. The van der Waals surface area contributed by atoms with Crippen LogP contribution >= 0.6 is 0 Å². The third-order valence-corrected chi connectivity index (χ3v) is 4.30. The minimum Gasteiger partial charge on any atom is -0.481 e. The molecule has 1 aliphatic carbocycles. The van der Waals surface area contributed by atoms with Gasteiger partial charge in [-0.3, -0.25) is 9.59 Å². The number of aliphatic carboxylic acids is 1. The zero-order valence-electron chi connectivity index (χ0n) is 12.8. The molecule has 126 valence electrons. The lowest BCUT2D eigenvalue weighted by Crippen LogP contribution is -2.43. The molecule has 0 bridgehead atoms. The van der Waals surface area contributed by atoms with Gasteiger partial charge in [0.05, 0.1) is 5.92 Å². The fourth-order valence-electron chi connectivity index (χ4n) is 3.02. The Labute approximate surface area is 133 Å². The number of alkyl halides is 2. The largest absolute Gasteiger partial charge is 0.481 e. The van der Waals surface area contributed by atoms with Crippen molar-refractivity contribution in [3.8, 4) is 0 Å². The molecule has 1 aliphatic rings. The Morgan fingerprint density at radius 3 is 2.48 bits per heavy atom. The molecular weight excluding hydrogens is 304 g/mol. The molecule has 0 aliphatic heterocycles. The van der Waals surface area contributed by atoms with Gasteiger partial charge >= 0.3 is 5.97 Å². The Morgan fingerprint density at radius 2 is 1.83 bits per heavy atom. The summed E-state index contributed by atoms with van der Waals surface area (Å²) in [7, 11) is 0. The number of hydrogen-bond donors (Lipinski definition) is 2. The van der Waals surface area contributed by atoms with E-state index in [4.69, 9.17) is 0 Å². The second-order valence-electron chi connectivity index (χ2n) is 5.94. The zero-order valence-corrected chi connectivity index (χ0v) is 12.8. The van der Waals surface area contributed by atoms with Crippen LogP contribution in [-0.4, -0.2) is 23.0 Å². The highest BCUT2D eigenvalue weighted by atomic mass is 19.3. The topological polar surface area (TPSA) is 66.4 Å². The lowest BCUT2D eigenvalue weighted by Gasteiger charge is -2.27. The van der Waals surface area contributed by atoms with Crippen molar-refractivity contribution in [2.45, 2.75) is 51.0 Å². The molecule has 0 heterocycles. The summed E-state index contributed by atoms with van der Waals surface area (Å²) in [6.07, 6.45) is 2.17. The number of carbonyl (C=O) groups is 2. The second-order valence-corrected chi connectivity index (χ2v) is 5.94. The van der Waals surface area contributed by atoms with E-state index in [1.807, 2.05) is 0 Å². The Bertz CT molecular complexity index is 563. The van der Waals surface area contributed by atoms with Crippen molar-refractivity contribution in [3.05, 3.63) is 35.4 Å². The summed E-state index contributed by atoms with van der Waals surface area (Å²) in [6.45, 7) is 0. The highest BCUT2D eigenvalue weighted by Crippen LogP contribution is 2.24. The Hall–Kier alpha value is -1.98. The lowest BCUT2D eigenvalue weighted by molar-refractivity contribution is -0.143. The number of benzene rings is 1. The average Bonchev–Trinajstić information content (AvgIpc) is 2.49. The number of carbonyl (C=O) groups excluding carboxylic acids is 1. The van der Waals surface area contributed by atoms with Gasteiger partial charge in [-0.2, -0.15) is 0 Å². The summed E-state index contributed by atoms with van der Waals surface area (Å²) < 4.78 is 25.5. The van der Waals surface area contributed by atoms with E-state index < -0.39 is 30.3 Å². The van der Waals surface area contributed by atoms with Gasteiger partial charge in [0.15, 0.2) is 0 Å². The van der Waals surface area contributed by atoms with Gasteiger partial charge in [-0.25, -0.2) is 8.78 Å². The summed E-state index contributed by atoms with van der Waals surface area (Å²) in [6, 6.07) is 4.81. The monoisotopic (exact) mass is 325 g/mol. The Kier molecular flexibility index (Phi) is 6.07. The van der Waals surface area contributed by atoms with E-state index in [1.54, 1.807) is 0 Å². The first-order valence-electron chi connectivity index (χ1n) is 7.91. The molecule has 0 aromatic heterocycles. The van der Waals surface area contributed by atoms with E-state index in [0.29, 0.717) is 12.8 Å². The van der Waals surface area contributed by atoms with Crippen LogP contribution in [0.4, 0.5) is 8.78 Å². The number of halogens is 2. The van der Waals surface area contributed by atoms with E-state index in [9.17, 15) is 23.5 Å². The zero-order chi connectivity index (χ0) is 16.8. The lowest BCUT2D eigenvalue weighted by atomic mass is 9.86. The van der Waals surface area contributed by atoms with Crippen molar-refractivity contribution in [3.63, 3.8) is 0 Å². The van der Waals surface area contributed by atoms with Crippen molar-refractivity contribution in [1.82, 2.24) is 5.32 Å². The first kappa shape index (κ1) is 17.4. The number of amides is 1. The molecule has 1 fully saturated rings. The van der Waals surface area contributed by atoms with Crippen molar-refractivity contribution < 1.29 is 23.5 Å². The molecule has 0 saturated heterocycles. The van der Waals surface area contributed by atoms with Gasteiger partial charge < -0.3 is 10.4 Å². The maximum atomic E-state index is 12.7. The summed E-state index contributed by atoms with van der Waals surface area (Å²) in [4.78, 5) is 23.7. The molecular formula is C17H21F2NO3. The van der Waals surface area contributed by atoms with Gasteiger partial charge in [-0.15, -0.1) is 0 Å². The number of rotatable bonds is 4. The maximum absolute atomic E-state index is 12.7. The van der Waals surface area contributed by atoms with Crippen LogP contribution in [-0.2, 0) is 4.79 Å². The van der Waals surface area contributed by atoms with Gasteiger partial charge in [-0.05, 0) is 25.0 Å². The molecule has 4 nitrogen and oxygen atoms in total. The molecule has 1 aromatic carbocycles. The molecule has 2 rings (SSSR count). The van der Waals surface area contributed by atoms with E-state index in [0.717, 1.165) is 31.7 Å². The fourth-order valence-corrected chi connectivity index (χ4v) is 3.02. The SMILES string of the molecule is O=C(NC1CCCCCCC1C(=O)O)c1cccc(C(F)F)c1. The molecule has 23 heavy (non-hydrogen) atoms. The van der Waals surface area contributed by atoms with E-state index in [-0.39, 0.29) is 11.1 Å². The minimum atomic E-state index is -2.64. The Morgan fingerprint density at radius 1 is 1.13 bits per heavy atom. The van der Waals surface area contributed by atoms with Crippen LogP contribution in [0.5, 0.6) is 0 Å². The van der Waals surface area contributed by atoms with Gasteiger partial charge in [0, 0.05) is 17.2 Å². The van der Waals surface area contributed by atoms with E-state index in [2.05, 4.69) is 5.32 Å². The number of carboxylic acid groups (broad SMARTS) is 1. The van der Waals surface area contributed by atoms with Crippen LogP contribution in [0.2, 0.25) is 0 Å². The van der Waals surface area contributed by atoms with Crippen LogP contribution in [0.1, 0.15) is 60.9 Å². The van der Waals surface area contributed by atoms with Gasteiger partial charge in [0.2, 0.25) is 0 Å². The normalized spacial score (nSPS) is 22.2. The molecule has 1 amide bonds. The first-order chi connectivity index (χ1) is 11.0. The second kappa shape index (κ2) is 8.04. The molecule has 0 spiro atoms. The molecule has 1 saturated carbocycles. The summed E-state index contributed by atoms with van der Waals surface area (Å²) >= 11 is 0. The van der Waals surface area contributed by atoms with Crippen LogP contribution < -0.4 is 5.32 Å². The fraction of sp³-hybridized carbons (Fsp3) is 0.529. The number of nitrogens with one attached hydrogen (secondary N) is 1. The minimum absolute atomic E-state index is 0.133. The summed E-state index contributed by atoms with van der Waals surface area (Å²) in [5, 5.41) is 12.1. The average molecular weight is 325 g/mol.